The molecule has 1 heterocycles. The minimum atomic E-state index is -0.0329. The summed E-state index contributed by atoms with van der Waals surface area (Å²) >= 11 is 0. The Kier molecular flexibility index (Phi) is 4.94. The topological polar surface area (TPSA) is 32.3 Å². The van der Waals surface area contributed by atoms with Crippen LogP contribution in [0, 0.1) is 0 Å². The second kappa shape index (κ2) is 6.02. The maximum atomic E-state index is 11.9. The van der Waals surface area contributed by atoms with Crippen molar-refractivity contribution in [3.63, 3.8) is 0 Å². The van der Waals surface area contributed by atoms with E-state index in [4.69, 9.17) is 0 Å². The number of amides is 1. The molecule has 0 aromatic heterocycles. The van der Waals surface area contributed by atoms with Crippen LogP contribution in [-0.2, 0) is 4.79 Å². The van der Waals surface area contributed by atoms with Crippen LogP contribution in [0.1, 0.15) is 39.0 Å². The first-order chi connectivity index (χ1) is 6.75. The fraction of sp³-hybridized carbons (Fsp3) is 0.909. The first-order valence-electron chi connectivity index (χ1n) is 5.71. The Morgan fingerprint density at radius 3 is 2.14 bits per heavy atom. The number of rotatable bonds is 2. The molecule has 0 saturated carbocycles. The Morgan fingerprint density at radius 2 is 1.64 bits per heavy atom. The lowest BCUT2D eigenvalue weighted by Gasteiger charge is -2.27. The highest BCUT2D eigenvalue weighted by molar-refractivity contribution is 5.81. The third-order valence-corrected chi connectivity index (χ3v) is 2.97. The molecule has 3 nitrogen and oxygen atoms in total. The van der Waals surface area contributed by atoms with Crippen molar-refractivity contribution in [1.82, 2.24) is 10.2 Å². The summed E-state index contributed by atoms with van der Waals surface area (Å²) in [5.74, 6) is 0.259. The molecule has 1 aliphatic heterocycles. The first-order valence-corrected chi connectivity index (χ1v) is 5.71. The molecule has 1 rings (SSSR count). The number of hydrogen-bond acceptors (Lipinski definition) is 2. The van der Waals surface area contributed by atoms with Gasteiger partial charge in [0.2, 0.25) is 5.91 Å². The smallest absolute Gasteiger partial charge is 0.239 e. The van der Waals surface area contributed by atoms with Gasteiger partial charge in [0.1, 0.15) is 0 Å². The summed E-state index contributed by atoms with van der Waals surface area (Å²) in [4.78, 5) is 13.9. The number of carbonyl (C=O) groups excluding carboxylic acids is 1. The molecule has 1 saturated heterocycles. The Hall–Kier alpha value is -0.570. The highest BCUT2D eigenvalue weighted by Gasteiger charge is 2.18. The van der Waals surface area contributed by atoms with Gasteiger partial charge in [-0.25, -0.2) is 0 Å². The van der Waals surface area contributed by atoms with Gasteiger partial charge in [0.25, 0.3) is 0 Å². The van der Waals surface area contributed by atoms with Crippen LogP contribution in [-0.4, -0.2) is 37.0 Å². The van der Waals surface area contributed by atoms with Crippen molar-refractivity contribution in [2.45, 2.75) is 45.1 Å². The van der Waals surface area contributed by atoms with Crippen molar-refractivity contribution in [2.24, 2.45) is 0 Å². The van der Waals surface area contributed by atoms with Gasteiger partial charge in [0.05, 0.1) is 6.04 Å². The molecule has 0 radical (unpaired) electrons. The molecule has 1 N–H and O–H groups in total. The Bertz CT molecular complexity index is 174. The zero-order chi connectivity index (χ0) is 10.4. The van der Waals surface area contributed by atoms with Crippen LogP contribution in [0.5, 0.6) is 0 Å². The Morgan fingerprint density at radius 1 is 1.14 bits per heavy atom. The molecular weight excluding hydrogens is 176 g/mol. The molecule has 0 aliphatic carbocycles. The number of hydrogen-bond donors (Lipinski definition) is 1. The zero-order valence-corrected chi connectivity index (χ0v) is 9.38. The van der Waals surface area contributed by atoms with Crippen molar-refractivity contribution < 1.29 is 4.79 Å². The fourth-order valence-corrected chi connectivity index (χ4v) is 1.87. The van der Waals surface area contributed by atoms with E-state index in [1.54, 1.807) is 0 Å². The van der Waals surface area contributed by atoms with Gasteiger partial charge in [-0.2, -0.15) is 0 Å². The van der Waals surface area contributed by atoms with Crippen LogP contribution in [0.15, 0.2) is 0 Å². The van der Waals surface area contributed by atoms with Crippen LogP contribution < -0.4 is 5.32 Å². The monoisotopic (exact) mass is 198 g/mol. The molecule has 0 unspecified atom stereocenters. The van der Waals surface area contributed by atoms with Crippen molar-refractivity contribution in [3.8, 4) is 0 Å². The average molecular weight is 198 g/mol. The van der Waals surface area contributed by atoms with Gasteiger partial charge in [-0.15, -0.1) is 0 Å². The molecule has 1 amide bonds. The largest absolute Gasteiger partial charge is 0.341 e. The number of likely N-dealkylation sites (tertiary alicyclic amines) is 1. The number of likely N-dealkylation sites (N-methyl/N-ethyl adjacent to an activating group) is 1. The number of nitrogens with zero attached hydrogens (tertiary/aromatic N) is 1. The second-order valence-corrected chi connectivity index (χ2v) is 4.10. The third-order valence-electron chi connectivity index (χ3n) is 2.97. The van der Waals surface area contributed by atoms with Gasteiger partial charge in [0, 0.05) is 13.1 Å². The molecule has 0 spiro atoms. The summed E-state index contributed by atoms with van der Waals surface area (Å²) < 4.78 is 0. The quantitative estimate of drug-likeness (QED) is 0.727. The normalized spacial score (nSPS) is 21.1. The highest BCUT2D eigenvalue weighted by atomic mass is 16.2. The van der Waals surface area contributed by atoms with Gasteiger partial charge in [-0.1, -0.05) is 19.3 Å². The molecule has 82 valence electrons. The Balaban J connectivity index is 2.42. The molecule has 14 heavy (non-hydrogen) atoms. The van der Waals surface area contributed by atoms with Crippen molar-refractivity contribution in [3.05, 3.63) is 0 Å². The SMILES string of the molecule is CN[C@@H](C)C(=O)N1CCCCCCC1. The van der Waals surface area contributed by atoms with E-state index in [0.29, 0.717) is 0 Å². The molecule has 3 heteroatoms. The highest BCUT2D eigenvalue weighted by Crippen LogP contribution is 2.11. The average Bonchev–Trinajstić information content (AvgIpc) is 2.15. The van der Waals surface area contributed by atoms with E-state index in [9.17, 15) is 4.79 Å². The molecular formula is C11H22N2O. The van der Waals surface area contributed by atoms with Crippen LogP contribution in [0.4, 0.5) is 0 Å². The van der Waals surface area contributed by atoms with E-state index >= 15 is 0 Å². The van der Waals surface area contributed by atoms with E-state index < -0.39 is 0 Å². The van der Waals surface area contributed by atoms with E-state index in [0.717, 1.165) is 13.1 Å². The van der Waals surface area contributed by atoms with Gasteiger partial charge in [0.15, 0.2) is 0 Å². The summed E-state index contributed by atoms with van der Waals surface area (Å²) in [6.07, 6.45) is 6.23. The van der Waals surface area contributed by atoms with Crippen LogP contribution >= 0.6 is 0 Å². The second-order valence-electron chi connectivity index (χ2n) is 4.10. The van der Waals surface area contributed by atoms with Crippen LogP contribution in [0.3, 0.4) is 0 Å². The molecule has 1 fully saturated rings. The molecule has 0 aromatic carbocycles. The summed E-state index contributed by atoms with van der Waals surface area (Å²) in [7, 11) is 1.84. The summed E-state index contributed by atoms with van der Waals surface area (Å²) in [5.41, 5.74) is 0. The van der Waals surface area contributed by atoms with Crippen molar-refractivity contribution in [1.29, 1.82) is 0 Å². The minimum Gasteiger partial charge on any atom is -0.341 e. The lowest BCUT2D eigenvalue weighted by Crippen LogP contribution is -2.44. The van der Waals surface area contributed by atoms with Gasteiger partial charge in [-0.3, -0.25) is 4.79 Å². The molecule has 1 atom stereocenters. The molecule has 1 aliphatic rings. The van der Waals surface area contributed by atoms with E-state index in [1.165, 1.54) is 32.1 Å². The van der Waals surface area contributed by atoms with Crippen molar-refractivity contribution in [2.75, 3.05) is 20.1 Å². The third kappa shape index (κ3) is 3.29. The number of nitrogens with one attached hydrogen (secondary N) is 1. The summed E-state index contributed by atoms with van der Waals surface area (Å²) in [6.45, 7) is 3.83. The molecule has 0 aromatic rings. The predicted molar refractivity (Wildman–Crippen MR) is 58.2 cm³/mol. The van der Waals surface area contributed by atoms with Crippen molar-refractivity contribution >= 4 is 5.91 Å². The van der Waals surface area contributed by atoms with Gasteiger partial charge < -0.3 is 10.2 Å². The number of carbonyl (C=O) groups is 1. The zero-order valence-electron chi connectivity index (χ0n) is 9.38. The lowest BCUT2D eigenvalue weighted by molar-refractivity contribution is -0.133. The maximum Gasteiger partial charge on any atom is 0.239 e. The van der Waals surface area contributed by atoms with Gasteiger partial charge >= 0.3 is 0 Å². The predicted octanol–water partition coefficient (Wildman–Crippen LogP) is 1.39. The van der Waals surface area contributed by atoms with Crippen LogP contribution in [0.25, 0.3) is 0 Å². The van der Waals surface area contributed by atoms with E-state index in [-0.39, 0.29) is 11.9 Å². The fourth-order valence-electron chi connectivity index (χ4n) is 1.87. The van der Waals surface area contributed by atoms with Gasteiger partial charge in [-0.05, 0) is 26.8 Å². The summed E-state index contributed by atoms with van der Waals surface area (Å²) in [6, 6.07) is -0.0329. The minimum absolute atomic E-state index is 0.0329. The Labute approximate surface area is 86.9 Å². The summed E-state index contributed by atoms with van der Waals surface area (Å²) in [5, 5.41) is 3.01. The van der Waals surface area contributed by atoms with E-state index in [1.807, 2.05) is 18.9 Å². The standard InChI is InChI=1S/C11H22N2O/c1-10(12-2)11(14)13-8-6-4-3-5-7-9-13/h10,12H,3-9H2,1-2H3/t10-/m0/s1. The maximum absolute atomic E-state index is 11.9. The van der Waals surface area contributed by atoms with Crippen LogP contribution in [0.2, 0.25) is 0 Å². The molecule has 0 bridgehead atoms. The first kappa shape index (κ1) is 11.5. The van der Waals surface area contributed by atoms with E-state index in [2.05, 4.69) is 5.32 Å². The lowest BCUT2D eigenvalue weighted by atomic mass is 10.1.